The third kappa shape index (κ3) is 6.34. The van der Waals surface area contributed by atoms with Crippen LogP contribution in [0.2, 0.25) is 4.34 Å². The Hall–Kier alpha value is -1.83. The summed E-state index contributed by atoms with van der Waals surface area (Å²) >= 11 is 7.26. The number of carbonyl (C=O) groups excluding carboxylic acids is 1. The van der Waals surface area contributed by atoms with Crippen molar-refractivity contribution >= 4 is 29.0 Å². The van der Waals surface area contributed by atoms with Gasteiger partial charge in [-0.15, -0.1) is 11.3 Å². The molecular formula is C23H30ClFN2O3S. The second-order valence-electron chi connectivity index (χ2n) is 8.25. The molecule has 1 aliphatic rings. The Bertz CT molecular complexity index is 851. The average Bonchev–Trinajstić information content (AvgIpc) is 3.09. The number of halogens is 2. The topological polar surface area (TPSA) is 50.8 Å². The molecule has 1 aromatic heterocycles. The summed E-state index contributed by atoms with van der Waals surface area (Å²) in [7, 11) is 5.67. The number of benzene rings is 1. The summed E-state index contributed by atoms with van der Waals surface area (Å²) in [5.74, 6) is 1.66. The van der Waals surface area contributed by atoms with Gasteiger partial charge in [-0.1, -0.05) is 36.6 Å². The molecule has 8 heteroatoms. The molecule has 1 aliphatic carbocycles. The van der Waals surface area contributed by atoms with E-state index in [1.165, 1.54) is 24.0 Å². The summed E-state index contributed by atoms with van der Waals surface area (Å²) in [4.78, 5) is 14.3. The van der Waals surface area contributed by atoms with E-state index >= 15 is 0 Å². The van der Waals surface area contributed by atoms with E-state index in [-0.39, 0.29) is 5.82 Å². The van der Waals surface area contributed by atoms with Crippen LogP contribution in [-0.4, -0.2) is 38.7 Å². The summed E-state index contributed by atoms with van der Waals surface area (Å²) in [6.07, 6.45) is 4.93. The SMILES string of the molecule is COc1c(OC(=O)NCCC2CCC(C(c3ccc(F)cc3)N(C)C)CC2)csc1Cl. The first-order valence-electron chi connectivity index (χ1n) is 10.6. The van der Waals surface area contributed by atoms with Crippen LogP contribution in [0.1, 0.15) is 43.7 Å². The largest absolute Gasteiger partial charge is 0.491 e. The van der Waals surface area contributed by atoms with E-state index in [9.17, 15) is 9.18 Å². The number of hydrogen-bond donors (Lipinski definition) is 1. The molecule has 0 aliphatic heterocycles. The molecule has 1 fully saturated rings. The fourth-order valence-corrected chi connectivity index (χ4v) is 5.48. The predicted octanol–water partition coefficient (Wildman–Crippen LogP) is 6.14. The minimum absolute atomic E-state index is 0.198. The van der Waals surface area contributed by atoms with Gasteiger partial charge in [-0.2, -0.15) is 0 Å². The maximum Gasteiger partial charge on any atom is 0.412 e. The number of hydrogen-bond acceptors (Lipinski definition) is 5. The molecule has 31 heavy (non-hydrogen) atoms. The van der Waals surface area contributed by atoms with E-state index in [0.717, 1.165) is 32.1 Å². The van der Waals surface area contributed by atoms with Crippen molar-refractivity contribution in [2.24, 2.45) is 11.8 Å². The smallest absolute Gasteiger partial charge is 0.412 e. The molecule has 170 valence electrons. The fourth-order valence-electron chi connectivity index (χ4n) is 4.52. The van der Waals surface area contributed by atoms with Gasteiger partial charge in [-0.3, -0.25) is 0 Å². The van der Waals surface area contributed by atoms with Crippen LogP contribution in [0.3, 0.4) is 0 Å². The van der Waals surface area contributed by atoms with E-state index in [1.54, 1.807) is 17.5 Å². The lowest BCUT2D eigenvalue weighted by Crippen LogP contribution is -2.32. The van der Waals surface area contributed by atoms with E-state index in [1.807, 2.05) is 12.1 Å². The average molecular weight is 469 g/mol. The number of nitrogens with zero attached hydrogens (tertiary/aromatic N) is 1. The van der Waals surface area contributed by atoms with Gasteiger partial charge >= 0.3 is 6.09 Å². The van der Waals surface area contributed by atoms with Crippen molar-refractivity contribution < 1.29 is 18.7 Å². The highest BCUT2D eigenvalue weighted by Gasteiger charge is 2.30. The number of methoxy groups -OCH3 is 1. The molecule has 1 unspecified atom stereocenters. The van der Waals surface area contributed by atoms with Gasteiger partial charge in [0, 0.05) is 18.0 Å². The zero-order valence-electron chi connectivity index (χ0n) is 18.2. The number of ether oxygens (including phenoxy) is 2. The van der Waals surface area contributed by atoms with Crippen LogP contribution in [0.4, 0.5) is 9.18 Å². The van der Waals surface area contributed by atoms with E-state index < -0.39 is 6.09 Å². The highest BCUT2D eigenvalue weighted by Crippen LogP contribution is 2.41. The van der Waals surface area contributed by atoms with Crippen LogP contribution in [0, 0.1) is 17.7 Å². The number of nitrogens with one attached hydrogen (secondary N) is 1. The highest BCUT2D eigenvalue weighted by atomic mass is 35.5. The molecule has 1 N–H and O–H groups in total. The molecule has 1 saturated carbocycles. The number of thiophene rings is 1. The van der Waals surface area contributed by atoms with Crippen LogP contribution in [0.5, 0.6) is 11.5 Å². The van der Waals surface area contributed by atoms with Crippen molar-refractivity contribution in [1.29, 1.82) is 0 Å². The predicted molar refractivity (Wildman–Crippen MR) is 123 cm³/mol. The number of rotatable bonds is 8. The highest BCUT2D eigenvalue weighted by molar-refractivity contribution is 7.15. The van der Waals surface area contributed by atoms with Crippen molar-refractivity contribution in [2.45, 2.75) is 38.1 Å². The molecular weight excluding hydrogens is 439 g/mol. The zero-order chi connectivity index (χ0) is 22.4. The molecule has 1 heterocycles. The molecule has 0 spiro atoms. The van der Waals surface area contributed by atoms with Crippen LogP contribution >= 0.6 is 22.9 Å². The Labute approximate surface area is 192 Å². The van der Waals surface area contributed by atoms with E-state index in [2.05, 4.69) is 24.3 Å². The molecule has 0 radical (unpaired) electrons. The van der Waals surface area contributed by atoms with Gasteiger partial charge in [0.15, 0.2) is 11.5 Å². The lowest BCUT2D eigenvalue weighted by atomic mass is 9.75. The van der Waals surface area contributed by atoms with Gasteiger partial charge in [0.05, 0.1) is 7.11 Å². The molecule has 0 bridgehead atoms. The van der Waals surface area contributed by atoms with Crippen LogP contribution in [0.15, 0.2) is 29.6 Å². The summed E-state index contributed by atoms with van der Waals surface area (Å²) in [5, 5.41) is 4.48. The second-order valence-corrected chi connectivity index (χ2v) is 9.73. The quantitative estimate of drug-likeness (QED) is 0.505. The lowest BCUT2D eigenvalue weighted by molar-refractivity contribution is 0.145. The summed E-state index contributed by atoms with van der Waals surface area (Å²) in [6, 6.07) is 7.18. The normalized spacial score (nSPS) is 19.8. The molecule has 2 aromatic rings. The minimum atomic E-state index is -0.495. The Morgan fingerprint density at radius 1 is 1.26 bits per heavy atom. The van der Waals surface area contributed by atoms with Crippen LogP contribution in [-0.2, 0) is 0 Å². The number of carbonyl (C=O) groups is 1. The first kappa shape index (κ1) is 23.8. The molecule has 5 nitrogen and oxygen atoms in total. The summed E-state index contributed by atoms with van der Waals surface area (Å²) < 4.78 is 24.2. The van der Waals surface area contributed by atoms with Crippen molar-refractivity contribution in [1.82, 2.24) is 10.2 Å². The molecule has 3 rings (SSSR count). The van der Waals surface area contributed by atoms with Crippen molar-refractivity contribution in [3.05, 3.63) is 45.4 Å². The monoisotopic (exact) mass is 468 g/mol. The second kappa shape index (κ2) is 11.2. The van der Waals surface area contributed by atoms with Crippen molar-refractivity contribution in [2.75, 3.05) is 27.7 Å². The maximum atomic E-state index is 13.3. The van der Waals surface area contributed by atoms with Gasteiger partial charge in [0.1, 0.15) is 10.2 Å². The first-order chi connectivity index (χ1) is 14.9. The Kier molecular flexibility index (Phi) is 8.58. The van der Waals surface area contributed by atoms with Gasteiger partial charge < -0.3 is 19.7 Å². The third-order valence-electron chi connectivity index (χ3n) is 6.01. The molecule has 1 atom stereocenters. The molecule has 1 amide bonds. The maximum absolute atomic E-state index is 13.3. The molecule has 0 saturated heterocycles. The van der Waals surface area contributed by atoms with Crippen LogP contribution < -0.4 is 14.8 Å². The van der Waals surface area contributed by atoms with Gasteiger partial charge in [-0.05, 0) is 62.9 Å². The Morgan fingerprint density at radius 3 is 2.55 bits per heavy atom. The summed E-state index contributed by atoms with van der Waals surface area (Å²) in [5.41, 5.74) is 1.17. The number of amides is 1. The first-order valence-corrected chi connectivity index (χ1v) is 11.8. The van der Waals surface area contributed by atoms with Gasteiger partial charge in [0.25, 0.3) is 0 Å². The Balaban J connectivity index is 1.43. The minimum Gasteiger partial charge on any atom is -0.491 e. The van der Waals surface area contributed by atoms with E-state index in [4.69, 9.17) is 21.1 Å². The third-order valence-corrected chi connectivity index (χ3v) is 7.17. The van der Waals surface area contributed by atoms with Crippen molar-refractivity contribution in [3.8, 4) is 11.5 Å². The zero-order valence-corrected chi connectivity index (χ0v) is 19.8. The molecule has 1 aromatic carbocycles. The van der Waals surface area contributed by atoms with Gasteiger partial charge in [-0.25, -0.2) is 9.18 Å². The van der Waals surface area contributed by atoms with Gasteiger partial charge in [0.2, 0.25) is 0 Å². The lowest BCUT2D eigenvalue weighted by Gasteiger charge is -2.37. The van der Waals surface area contributed by atoms with E-state index in [0.29, 0.717) is 40.3 Å². The standard InChI is InChI=1S/C23H30ClFN2O3S/c1-27(2)20(17-8-10-18(25)11-9-17)16-6-4-15(5-7-16)12-13-26-23(28)30-19-14-31-22(24)21(19)29-3/h8-11,14-16,20H,4-7,12-13H2,1-3H3,(H,26,28). The Morgan fingerprint density at radius 2 is 1.94 bits per heavy atom. The van der Waals surface area contributed by atoms with Crippen LogP contribution in [0.25, 0.3) is 0 Å². The summed E-state index contributed by atoms with van der Waals surface area (Å²) in [6.45, 7) is 0.573. The fraction of sp³-hybridized carbons (Fsp3) is 0.522. The van der Waals surface area contributed by atoms with Crippen molar-refractivity contribution in [3.63, 3.8) is 0 Å².